The molecule has 0 radical (unpaired) electrons. The van der Waals surface area contributed by atoms with E-state index in [1.54, 1.807) is 30.4 Å². The highest BCUT2D eigenvalue weighted by molar-refractivity contribution is 6.41. The molecule has 1 saturated heterocycles. The zero-order chi connectivity index (χ0) is 21.7. The Hall–Kier alpha value is -1.45. The van der Waals surface area contributed by atoms with Gasteiger partial charge in [-0.05, 0) is 24.3 Å². The van der Waals surface area contributed by atoms with Gasteiger partial charge in [-0.15, -0.1) is 0 Å². The molecule has 2 heterocycles. The molecule has 0 saturated carbocycles. The molecule has 162 valence electrons. The predicted octanol–water partition coefficient (Wildman–Crippen LogP) is 3.67. The maximum atomic E-state index is 11.5. The summed E-state index contributed by atoms with van der Waals surface area (Å²) >= 11 is 12.8. The summed E-state index contributed by atoms with van der Waals surface area (Å²) in [4.78, 5) is 5.47. The van der Waals surface area contributed by atoms with Crippen molar-refractivity contribution in [2.24, 2.45) is 10.6 Å². The van der Waals surface area contributed by atoms with E-state index in [2.05, 4.69) is 19.0 Å². The van der Waals surface area contributed by atoms with Crippen molar-refractivity contribution in [3.05, 3.63) is 57.1 Å². The number of benzene rings is 1. The Kier molecular flexibility index (Phi) is 5.51. The molecule has 1 fully saturated rings. The summed E-state index contributed by atoms with van der Waals surface area (Å²) in [5, 5.41) is 16.3. The van der Waals surface area contributed by atoms with Crippen LogP contribution in [0.1, 0.15) is 19.4 Å². The Morgan fingerprint density at radius 1 is 1.10 bits per heavy atom. The zero-order valence-electron chi connectivity index (χ0n) is 17.1. The van der Waals surface area contributed by atoms with Crippen molar-refractivity contribution < 1.29 is 28.9 Å². The van der Waals surface area contributed by atoms with Gasteiger partial charge in [0.25, 0.3) is 5.79 Å². The zero-order valence-corrected chi connectivity index (χ0v) is 18.6. The standard InChI is InChI=1S/C21H23Cl2NO6/c1-19(2)10-28-18(29-11-19)12-8-13-17(16-14(22)6-5-7-15(16)23)24-30-21(13,25)20(9-12,26-3)27-4/h5-9,18,25H,10-11H2,1-4H3. The van der Waals surface area contributed by atoms with Gasteiger partial charge in [0.05, 0.1) is 28.8 Å². The minimum Gasteiger partial charge on any atom is -0.348 e. The van der Waals surface area contributed by atoms with E-state index in [0.717, 1.165) is 0 Å². The number of rotatable bonds is 4. The molecule has 2 aliphatic heterocycles. The topological polar surface area (TPSA) is 78.7 Å². The fourth-order valence-corrected chi connectivity index (χ4v) is 4.29. The number of aliphatic hydroxyl groups is 1. The first-order chi connectivity index (χ1) is 14.2. The van der Waals surface area contributed by atoms with Gasteiger partial charge in [0.2, 0.25) is 0 Å². The van der Waals surface area contributed by atoms with Crippen LogP contribution in [0.15, 0.2) is 46.7 Å². The molecule has 1 aromatic carbocycles. The fraction of sp³-hybridized carbons (Fsp3) is 0.476. The van der Waals surface area contributed by atoms with Crippen LogP contribution in [0.5, 0.6) is 0 Å². The van der Waals surface area contributed by atoms with Crippen LogP contribution in [0.4, 0.5) is 0 Å². The van der Waals surface area contributed by atoms with Crippen molar-refractivity contribution in [2.75, 3.05) is 27.4 Å². The van der Waals surface area contributed by atoms with Crippen molar-refractivity contribution >= 4 is 28.9 Å². The number of oxime groups is 1. The fourth-order valence-electron chi connectivity index (χ4n) is 3.72. The quantitative estimate of drug-likeness (QED) is 0.697. The third-order valence-electron chi connectivity index (χ3n) is 5.36. The normalized spacial score (nSPS) is 27.6. The van der Waals surface area contributed by atoms with Crippen LogP contribution >= 0.6 is 23.2 Å². The molecule has 1 unspecified atom stereocenters. The lowest BCUT2D eigenvalue weighted by Crippen LogP contribution is -2.59. The van der Waals surface area contributed by atoms with Crippen molar-refractivity contribution in [3.63, 3.8) is 0 Å². The Morgan fingerprint density at radius 3 is 2.27 bits per heavy atom. The van der Waals surface area contributed by atoms with Crippen LogP contribution in [-0.2, 0) is 23.8 Å². The van der Waals surface area contributed by atoms with E-state index in [0.29, 0.717) is 34.4 Å². The minimum atomic E-state index is -2.06. The van der Waals surface area contributed by atoms with Crippen molar-refractivity contribution in [1.82, 2.24) is 0 Å². The van der Waals surface area contributed by atoms with Gasteiger partial charge in [0.1, 0.15) is 5.71 Å². The van der Waals surface area contributed by atoms with Gasteiger partial charge < -0.3 is 28.9 Å². The Morgan fingerprint density at radius 2 is 1.70 bits per heavy atom. The van der Waals surface area contributed by atoms with E-state index in [-0.39, 0.29) is 16.7 Å². The number of methoxy groups -OCH3 is 2. The number of hydrogen-bond acceptors (Lipinski definition) is 7. The summed E-state index contributed by atoms with van der Waals surface area (Å²) in [5.41, 5.74) is 1.46. The highest BCUT2D eigenvalue weighted by Crippen LogP contribution is 2.48. The second-order valence-corrected chi connectivity index (χ2v) is 8.98. The maximum Gasteiger partial charge on any atom is 0.321 e. The van der Waals surface area contributed by atoms with E-state index in [4.69, 9.17) is 47.0 Å². The lowest BCUT2D eigenvalue weighted by molar-refractivity contribution is -0.343. The van der Waals surface area contributed by atoms with E-state index in [1.165, 1.54) is 14.2 Å². The SMILES string of the molecule is COC1(OC)C=C(C2OCC(C)(C)CO2)C=C2C(c3c(Cl)cccc3Cl)=NOC21O. The average molecular weight is 456 g/mol. The van der Waals surface area contributed by atoms with Gasteiger partial charge in [-0.1, -0.05) is 48.3 Å². The minimum absolute atomic E-state index is 0.104. The summed E-state index contributed by atoms with van der Waals surface area (Å²) in [7, 11) is 2.79. The average Bonchev–Trinajstić information content (AvgIpc) is 3.04. The molecule has 1 aromatic rings. The molecule has 0 amide bonds. The molecule has 7 nitrogen and oxygen atoms in total. The van der Waals surface area contributed by atoms with E-state index in [9.17, 15) is 5.11 Å². The summed E-state index contributed by atoms with van der Waals surface area (Å²) in [6.07, 6.45) is 2.58. The predicted molar refractivity (Wildman–Crippen MR) is 111 cm³/mol. The molecule has 0 bridgehead atoms. The monoisotopic (exact) mass is 455 g/mol. The van der Waals surface area contributed by atoms with Gasteiger partial charge in [0, 0.05) is 30.8 Å². The second-order valence-electron chi connectivity index (χ2n) is 8.17. The van der Waals surface area contributed by atoms with Crippen LogP contribution in [0.25, 0.3) is 0 Å². The molecule has 0 aromatic heterocycles. The van der Waals surface area contributed by atoms with Gasteiger partial charge in [0.15, 0.2) is 6.29 Å². The molecule has 3 aliphatic rings. The first-order valence-electron chi connectivity index (χ1n) is 9.38. The summed E-state index contributed by atoms with van der Waals surface area (Å²) in [5.74, 6) is -3.77. The summed E-state index contributed by atoms with van der Waals surface area (Å²) in [6, 6.07) is 5.08. The van der Waals surface area contributed by atoms with Crippen LogP contribution in [-0.4, -0.2) is 56.1 Å². The molecular formula is C21H23Cl2NO6. The Balaban J connectivity index is 1.81. The van der Waals surface area contributed by atoms with Crippen LogP contribution in [0, 0.1) is 5.41 Å². The highest BCUT2D eigenvalue weighted by atomic mass is 35.5. The largest absolute Gasteiger partial charge is 0.348 e. The first-order valence-corrected chi connectivity index (χ1v) is 10.1. The highest BCUT2D eigenvalue weighted by Gasteiger charge is 2.63. The van der Waals surface area contributed by atoms with E-state index < -0.39 is 17.9 Å². The third kappa shape index (κ3) is 3.29. The van der Waals surface area contributed by atoms with Crippen molar-refractivity contribution in [2.45, 2.75) is 31.7 Å². The molecule has 4 rings (SSSR count). The number of hydrogen-bond donors (Lipinski definition) is 1. The van der Waals surface area contributed by atoms with Crippen LogP contribution in [0.3, 0.4) is 0 Å². The smallest absolute Gasteiger partial charge is 0.321 e. The number of nitrogens with zero attached hydrogens (tertiary/aromatic N) is 1. The third-order valence-corrected chi connectivity index (χ3v) is 5.99. The van der Waals surface area contributed by atoms with Crippen molar-refractivity contribution in [3.8, 4) is 0 Å². The Bertz CT molecular complexity index is 923. The second kappa shape index (κ2) is 7.60. The molecule has 30 heavy (non-hydrogen) atoms. The lowest BCUT2D eigenvalue weighted by atomic mass is 9.83. The van der Waals surface area contributed by atoms with Gasteiger partial charge in [-0.2, -0.15) is 0 Å². The molecule has 1 N–H and O–H groups in total. The first kappa shape index (κ1) is 21.8. The van der Waals surface area contributed by atoms with E-state index in [1.807, 2.05) is 0 Å². The number of halogens is 2. The van der Waals surface area contributed by atoms with Gasteiger partial charge >= 0.3 is 5.79 Å². The summed E-state index contributed by atoms with van der Waals surface area (Å²) < 4.78 is 23.0. The number of fused-ring (bicyclic) bond motifs is 1. The number of ether oxygens (including phenoxy) is 4. The van der Waals surface area contributed by atoms with Crippen LogP contribution < -0.4 is 0 Å². The Labute approximate surface area is 184 Å². The maximum absolute atomic E-state index is 11.5. The molecule has 1 aliphatic carbocycles. The van der Waals surface area contributed by atoms with Gasteiger partial charge in [-0.3, -0.25) is 0 Å². The lowest BCUT2D eigenvalue weighted by Gasteiger charge is -2.43. The van der Waals surface area contributed by atoms with Crippen LogP contribution in [0.2, 0.25) is 10.0 Å². The molecular weight excluding hydrogens is 433 g/mol. The molecule has 9 heteroatoms. The van der Waals surface area contributed by atoms with Gasteiger partial charge in [-0.25, -0.2) is 0 Å². The summed E-state index contributed by atoms with van der Waals surface area (Å²) in [6.45, 7) is 5.12. The van der Waals surface area contributed by atoms with Crippen molar-refractivity contribution in [1.29, 1.82) is 0 Å². The van der Waals surface area contributed by atoms with E-state index >= 15 is 0 Å². The molecule has 0 spiro atoms. The molecule has 1 atom stereocenters.